The molecule has 4 aliphatic rings. The van der Waals surface area contributed by atoms with Gasteiger partial charge in [-0.05, 0) is 73.1 Å². The first kappa shape index (κ1) is 33.3. The molecule has 1 fully saturated rings. The number of carbonyl (C=O) groups is 3. The minimum Gasteiger partial charge on any atom is -0.454 e. The minimum absolute atomic E-state index is 0.131. The second kappa shape index (κ2) is 12.1. The number of rotatable bonds is 5. The number of nitrogens with zero attached hydrogens (tertiary/aromatic N) is 3. The minimum atomic E-state index is -3.56. The van der Waals surface area contributed by atoms with Gasteiger partial charge < -0.3 is 28.5 Å². The van der Waals surface area contributed by atoms with Crippen LogP contribution in [0.5, 0.6) is 11.5 Å². The molecule has 0 bridgehead atoms. The number of aliphatic hydroxyl groups excluding tert-OH is 1. The van der Waals surface area contributed by atoms with Crippen LogP contribution in [0, 0.1) is 5.92 Å². The van der Waals surface area contributed by atoms with Crippen LogP contribution in [-0.4, -0.2) is 61.9 Å². The van der Waals surface area contributed by atoms with Crippen molar-refractivity contribution < 1.29 is 33.1 Å². The fourth-order valence-corrected chi connectivity index (χ4v) is 11.4. The average Bonchev–Trinajstić information content (AvgIpc) is 3.48. The Bertz CT molecular complexity index is 2090. The molecule has 9 nitrogen and oxygen atoms in total. The van der Waals surface area contributed by atoms with E-state index in [4.69, 9.17) is 9.47 Å². The first-order valence-electron chi connectivity index (χ1n) is 17.4. The van der Waals surface area contributed by atoms with E-state index >= 15 is 4.11 Å². The average molecular weight is 706 g/mol. The monoisotopic (exact) mass is 705 g/mol. The summed E-state index contributed by atoms with van der Waals surface area (Å²) in [7, 11) is -1.89. The Balaban J connectivity index is 1.20. The van der Waals surface area contributed by atoms with Crippen molar-refractivity contribution in [3.63, 3.8) is 0 Å². The molecule has 0 aliphatic carbocycles. The van der Waals surface area contributed by atoms with Crippen molar-refractivity contribution in [2.75, 3.05) is 23.5 Å². The molecule has 8 rings (SSSR count). The van der Waals surface area contributed by atoms with Crippen LogP contribution in [0.4, 0.5) is 21.2 Å². The van der Waals surface area contributed by atoms with Gasteiger partial charge in [0.15, 0.2) is 11.4 Å². The van der Waals surface area contributed by atoms with Gasteiger partial charge in [-0.2, -0.15) is 0 Å². The zero-order valence-corrected chi connectivity index (χ0v) is 30.0. The second-order valence-electron chi connectivity index (χ2n) is 14.6. The smallest absolute Gasteiger partial charge is 0.266 e. The third-order valence-corrected chi connectivity index (χ3v) is 13.7. The van der Waals surface area contributed by atoms with Crippen molar-refractivity contribution >= 4 is 43.2 Å². The zero-order chi connectivity index (χ0) is 35.8. The molecule has 51 heavy (non-hydrogen) atoms. The van der Waals surface area contributed by atoms with Crippen LogP contribution in [0.25, 0.3) is 0 Å². The number of carbonyl (C=O) groups excluding carboxylic acids is 3. The molecule has 5 atom stereocenters. The second-order valence-corrected chi connectivity index (χ2v) is 18.4. The number of amides is 3. The predicted octanol–water partition coefficient (Wildman–Crippen LogP) is 6.86. The van der Waals surface area contributed by atoms with E-state index < -0.39 is 37.6 Å². The first-order chi connectivity index (χ1) is 24.4. The van der Waals surface area contributed by atoms with E-state index in [1.165, 1.54) is 4.90 Å². The van der Waals surface area contributed by atoms with Crippen LogP contribution in [0.3, 0.4) is 0 Å². The molecule has 0 unspecified atom stereocenters. The third-order valence-electron chi connectivity index (χ3n) is 11.2. The van der Waals surface area contributed by atoms with E-state index in [1.54, 1.807) is 72.4 Å². The van der Waals surface area contributed by atoms with Crippen molar-refractivity contribution in [1.29, 1.82) is 0 Å². The number of anilines is 3. The lowest BCUT2D eigenvalue weighted by molar-refractivity contribution is -0.150. The van der Waals surface area contributed by atoms with Gasteiger partial charge in [-0.3, -0.25) is 19.3 Å². The lowest BCUT2D eigenvalue weighted by atomic mass is 9.82. The van der Waals surface area contributed by atoms with Crippen LogP contribution < -0.4 is 14.5 Å². The quantitative estimate of drug-likeness (QED) is 0.180. The fraction of sp³-hybridized carbons (Fsp3) is 0.325. The Kier molecular flexibility index (Phi) is 7.93. The molecular formula is C40H40FN3O6Si. The molecule has 1 spiro atoms. The van der Waals surface area contributed by atoms with E-state index in [0.29, 0.717) is 52.7 Å². The number of benzene rings is 4. The van der Waals surface area contributed by atoms with E-state index in [1.807, 2.05) is 55.5 Å². The fourth-order valence-electron chi connectivity index (χ4n) is 8.88. The van der Waals surface area contributed by atoms with Gasteiger partial charge in [0.05, 0.1) is 42.1 Å². The molecule has 4 aliphatic heterocycles. The molecule has 0 aromatic heterocycles. The van der Waals surface area contributed by atoms with E-state index in [2.05, 4.69) is 0 Å². The van der Waals surface area contributed by atoms with Crippen molar-refractivity contribution in [3.05, 3.63) is 113 Å². The highest BCUT2D eigenvalue weighted by atomic mass is 28.4. The van der Waals surface area contributed by atoms with Gasteiger partial charge in [-0.15, -0.1) is 0 Å². The Morgan fingerprint density at radius 1 is 0.941 bits per heavy atom. The van der Waals surface area contributed by atoms with Gasteiger partial charge >= 0.3 is 0 Å². The van der Waals surface area contributed by atoms with Gasteiger partial charge in [-0.25, -0.2) is 0 Å². The van der Waals surface area contributed by atoms with E-state index in [-0.39, 0.29) is 30.7 Å². The third kappa shape index (κ3) is 5.12. The Morgan fingerprint density at radius 2 is 1.63 bits per heavy atom. The molecular weight excluding hydrogens is 666 g/mol. The molecule has 0 saturated carbocycles. The van der Waals surface area contributed by atoms with E-state index in [0.717, 1.165) is 11.1 Å². The van der Waals surface area contributed by atoms with Crippen LogP contribution in [0.1, 0.15) is 40.4 Å². The maximum atomic E-state index is 16.5. The van der Waals surface area contributed by atoms with Crippen molar-refractivity contribution in [3.8, 4) is 11.5 Å². The molecule has 11 heteroatoms. The van der Waals surface area contributed by atoms with Crippen molar-refractivity contribution in [2.45, 2.75) is 62.7 Å². The maximum absolute atomic E-state index is 16.5. The number of ether oxygens (including phenoxy) is 2. The highest BCUT2D eigenvalue weighted by Crippen LogP contribution is 2.60. The van der Waals surface area contributed by atoms with Gasteiger partial charge in [0, 0.05) is 36.3 Å². The topological polar surface area (TPSA) is 99.6 Å². The van der Waals surface area contributed by atoms with Gasteiger partial charge in [-0.1, -0.05) is 55.5 Å². The molecule has 4 aromatic rings. The summed E-state index contributed by atoms with van der Waals surface area (Å²) in [5.41, 5.74) is 2.36. The summed E-state index contributed by atoms with van der Waals surface area (Å²) < 4.78 is 29.6. The highest BCUT2D eigenvalue weighted by Gasteiger charge is 2.66. The van der Waals surface area contributed by atoms with Gasteiger partial charge in [0.1, 0.15) is 5.75 Å². The van der Waals surface area contributed by atoms with Crippen LogP contribution >= 0.6 is 0 Å². The number of fused-ring (bicyclic) bond motifs is 5. The highest BCUT2D eigenvalue weighted by molar-refractivity contribution is 6.72. The summed E-state index contributed by atoms with van der Waals surface area (Å²) in [5.74, 6) is -0.585. The van der Waals surface area contributed by atoms with Crippen LogP contribution in [0.2, 0.25) is 18.6 Å². The summed E-state index contributed by atoms with van der Waals surface area (Å²) in [5, 5.41) is 10.3. The Morgan fingerprint density at radius 3 is 2.37 bits per heavy atom. The molecule has 1 N–H and O–H groups in total. The maximum Gasteiger partial charge on any atom is 0.266 e. The molecule has 262 valence electrons. The standard InChI is InChI=1S/C40H40FN3O6Si/c1-24-37(51(3,4)41)35(21-36(46)43-22-26-12-6-5-11-25(26)19-28(43)23-45)50-40(24)30-20-27(17-18-31(30)42(2)39(40)48)44-32-14-8-10-16-34(32)49-33-15-9-7-13-29(33)38(44)47/h5-18,20,24,28,35,37,45H,19,21-23H2,1-4H3/t24-,28-,35+,37-,40+/m0/s1. The normalized spacial score (nSPS) is 25.3. The zero-order valence-electron chi connectivity index (χ0n) is 29.0. The number of halogens is 1. The number of hydrogen-bond acceptors (Lipinski definition) is 6. The summed E-state index contributed by atoms with van der Waals surface area (Å²) in [6, 6.07) is 27.2. The number of aliphatic hydroxyl groups is 1. The molecule has 4 heterocycles. The lowest BCUT2D eigenvalue weighted by Gasteiger charge is -2.37. The first-order valence-corrected chi connectivity index (χ1v) is 20.4. The summed E-state index contributed by atoms with van der Waals surface area (Å²) in [6.07, 6.45) is -0.499. The Labute approximate surface area is 297 Å². The molecule has 0 radical (unpaired) electrons. The van der Waals surface area contributed by atoms with E-state index in [9.17, 15) is 19.5 Å². The molecule has 4 aromatic carbocycles. The number of para-hydroxylation sites is 3. The SMILES string of the molecule is C[C@H]1[C@H]([Si](C)(C)F)[C@@H](CC(=O)N2Cc3ccccc3C[C@H]2CO)O[C@]12C(=O)N(C)c1ccc(N3C(=O)c4ccccc4Oc4ccccc43)cc12. The predicted molar refractivity (Wildman–Crippen MR) is 194 cm³/mol. The van der Waals surface area contributed by atoms with Gasteiger partial charge in [0.25, 0.3) is 11.8 Å². The van der Waals surface area contributed by atoms with Crippen molar-refractivity contribution in [2.24, 2.45) is 5.92 Å². The lowest BCUT2D eigenvalue weighted by Crippen LogP contribution is -2.48. The molecule has 3 amide bonds. The largest absolute Gasteiger partial charge is 0.454 e. The summed E-state index contributed by atoms with van der Waals surface area (Å²) in [6.45, 7) is 5.19. The van der Waals surface area contributed by atoms with Crippen LogP contribution in [-0.2, 0) is 32.9 Å². The number of hydrogen-bond donors (Lipinski definition) is 1. The summed E-state index contributed by atoms with van der Waals surface area (Å²) in [4.78, 5) is 47.7. The Hall–Kier alpha value is -4.84. The van der Waals surface area contributed by atoms with Gasteiger partial charge in [0.2, 0.25) is 14.3 Å². The van der Waals surface area contributed by atoms with Crippen molar-refractivity contribution in [1.82, 2.24) is 4.90 Å². The molecule has 1 saturated heterocycles. The number of likely N-dealkylation sites (N-methyl/N-ethyl adjacent to an activating group) is 1. The van der Waals surface area contributed by atoms with Crippen LogP contribution in [0.15, 0.2) is 91.0 Å². The summed E-state index contributed by atoms with van der Waals surface area (Å²) >= 11 is 0.